The van der Waals surface area contributed by atoms with Crippen LogP contribution >= 0.6 is 0 Å². The van der Waals surface area contributed by atoms with Crippen molar-refractivity contribution in [3.8, 4) is 0 Å². The number of rotatable bonds is 10. The van der Waals surface area contributed by atoms with Crippen LogP contribution in [0.15, 0.2) is 12.7 Å². The molecule has 8 heteroatoms. The molecule has 0 aromatic carbocycles. The minimum Gasteiger partial charge on any atom is -1.00 e. The van der Waals surface area contributed by atoms with Crippen LogP contribution in [0.4, 0.5) is 0 Å². The van der Waals surface area contributed by atoms with Gasteiger partial charge in [-0.3, -0.25) is 4.48 Å². The largest absolute Gasteiger partial charge is 1.00 e. The highest BCUT2D eigenvalue weighted by Gasteiger charge is 2.38. The summed E-state index contributed by atoms with van der Waals surface area (Å²) in [6, 6.07) is 0.723. The van der Waals surface area contributed by atoms with Crippen molar-refractivity contribution >= 4 is 14.8 Å². The lowest BCUT2D eigenvalue weighted by atomic mass is 10.3. The van der Waals surface area contributed by atoms with Gasteiger partial charge in [-0.25, -0.2) is 4.79 Å². The lowest BCUT2D eigenvalue weighted by molar-refractivity contribution is -0.932. The number of carbonyl (C=O) groups excluding carboxylic acids is 1. The lowest BCUT2D eigenvalue weighted by Crippen LogP contribution is -3.00. The molecule has 0 amide bonds. The topological polar surface area (TPSA) is 54.0 Å². The summed E-state index contributed by atoms with van der Waals surface area (Å²) < 4.78 is 22.0. The Morgan fingerprint density at radius 3 is 2.10 bits per heavy atom. The third kappa shape index (κ3) is 7.39. The maximum Gasteiger partial charge on any atom is 0.500 e. The SMILES string of the molecule is C=CC(=O)OC(C)[N+](C)(C)CCC[Si](OC)(OC)OC.[Cl-]. The Kier molecular flexibility index (Phi) is 11.2. The first-order valence-electron chi connectivity index (χ1n) is 6.58. The zero-order valence-corrected chi connectivity index (χ0v) is 15.6. The van der Waals surface area contributed by atoms with Gasteiger partial charge in [-0.05, 0) is 0 Å². The van der Waals surface area contributed by atoms with Crippen LogP contribution in [0.5, 0.6) is 0 Å². The Morgan fingerprint density at radius 1 is 1.24 bits per heavy atom. The molecule has 126 valence electrons. The maximum absolute atomic E-state index is 11.2. The number of nitrogens with zero attached hydrogens (tertiary/aromatic N) is 1. The first-order valence-corrected chi connectivity index (χ1v) is 8.51. The van der Waals surface area contributed by atoms with Gasteiger partial charge in [0.2, 0.25) is 6.23 Å². The molecule has 0 aromatic heterocycles. The van der Waals surface area contributed by atoms with Gasteiger partial charge in [0.15, 0.2) is 0 Å². The van der Waals surface area contributed by atoms with Crippen LogP contribution in [0.3, 0.4) is 0 Å². The Hall–Kier alpha value is -0.443. The van der Waals surface area contributed by atoms with E-state index in [-0.39, 0.29) is 18.6 Å². The summed E-state index contributed by atoms with van der Waals surface area (Å²) in [5.41, 5.74) is 0. The summed E-state index contributed by atoms with van der Waals surface area (Å²) in [5.74, 6) is -0.405. The average molecular weight is 342 g/mol. The summed E-state index contributed by atoms with van der Waals surface area (Å²) in [6.07, 6.45) is 1.78. The first kappa shape index (κ1) is 22.8. The molecule has 0 saturated carbocycles. The Bertz CT molecular complexity index is 315. The normalized spacial score (nSPS) is 13.2. The fourth-order valence-corrected chi connectivity index (χ4v) is 3.50. The van der Waals surface area contributed by atoms with Gasteiger partial charge >= 0.3 is 14.8 Å². The van der Waals surface area contributed by atoms with Crippen LogP contribution in [-0.4, -0.2) is 67.5 Å². The molecule has 0 rings (SSSR count). The number of esters is 1. The highest BCUT2D eigenvalue weighted by atomic mass is 35.5. The molecular weight excluding hydrogens is 314 g/mol. The predicted molar refractivity (Wildman–Crippen MR) is 78.9 cm³/mol. The molecule has 0 saturated heterocycles. The molecule has 0 aliphatic rings. The molecule has 1 atom stereocenters. The quantitative estimate of drug-likeness (QED) is 0.158. The monoisotopic (exact) mass is 341 g/mol. The molecule has 1 unspecified atom stereocenters. The van der Waals surface area contributed by atoms with E-state index in [9.17, 15) is 4.79 Å². The van der Waals surface area contributed by atoms with E-state index < -0.39 is 14.8 Å². The third-order valence-corrected chi connectivity index (χ3v) is 6.42. The number of hydrogen-bond acceptors (Lipinski definition) is 5. The summed E-state index contributed by atoms with van der Waals surface area (Å²) in [5, 5.41) is 0. The highest BCUT2D eigenvalue weighted by Crippen LogP contribution is 2.18. The first-order chi connectivity index (χ1) is 9.26. The van der Waals surface area contributed by atoms with Crippen LogP contribution in [0.25, 0.3) is 0 Å². The molecule has 0 fully saturated rings. The number of carbonyl (C=O) groups is 1. The van der Waals surface area contributed by atoms with Gasteiger partial charge in [0.25, 0.3) is 0 Å². The lowest BCUT2D eigenvalue weighted by Gasteiger charge is -2.35. The molecule has 0 aliphatic carbocycles. The fourth-order valence-electron chi connectivity index (χ4n) is 1.80. The van der Waals surface area contributed by atoms with Gasteiger partial charge in [0.1, 0.15) is 0 Å². The van der Waals surface area contributed by atoms with Crippen molar-refractivity contribution in [3.63, 3.8) is 0 Å². The standard InChI is InChI=1S/C13H28NO5Si.ClH/c1-8-13(15)19-12(2)14(3,4)10-9-11-20(16-5,17-6)18-7;/h8,12H,1,9-11H2,2-7H3;1H/q+1;/p-1. The van der Waals surface area contributed by atoms with Gasteiger partial charge < -0.3 is 30.4 Å². The van der Waals surface area contributed by atoms with Crippen LogP contribution in [0, 0.1) is 0 Å². The van der Waals surface area contributed by atoms with Crippen molar-refractivity contribution in [1.82, 2.24) is 0 Å². The zero-order valence-electron chi connectivity index (χ0n) is 13.8. The van der Waals surface area contributed by atoms with E-state index in [1.165, 1.54) is 6.08 Å². The van der Waals surface area contributed by atoms with Crippen molar-refractivity contribution in [2.45, 2.75) is 25.6 Å². The summed E-state index contributed by atoms with van der Waals surface area (Å²) >= 11 is 0. The van der Waals surface area contributed by atoms with Gasteiger partial charge in [-0.15, -0.1) is 0 Å². The van der Waals surface area contributed by atoms with Crippen LogP contribution in [0.2, 0.25) is 6.04 Å². The van der Waals surface area contributed by atoms with Gasteiger partial charge in [0, 0.05) is 46.8 Å². The molecule has 0 spiro atoms. The number of quaternary nitrogens is 1. The third-order valence-electron chi connectivity index (χ3n) is 3.59. The highest BCUT2D eigenvalue weighted by molar-refractivity contribution is 6.60. The van der Waals surface area contributed by atoms with Crippen molar-refractivity contribution in [1.29, 1.82) is 0 Å². The van der Waals surface area contributed by atoms with E-state index in [0.29, 0.717) is 4.48 Å². The molecule has 0 heterocycles. The average Bonchev–Trinajstić information content (AvgIpc) is 2.43. The minimum atomic E-state index is -2.52. The minimum absolute atomic E-state index is 0. The van der Waals surface area contributed by atoms with Crippen LogP contribution in [0.1, 0.15) is 13.3 Å². The van der Waals surface area contributed by atoms with Crippen LogP contribution in [-0.2, 0) is 22.8 Å². The molecule has 0 N–H and O–H groups in total. The Labute approximate surface area is 135 Å². The van der Waals surface area contributed by atoms with Crippen molar-refractivity contribution in [3.05, 3.63) is 12.7 Å². The Morgan fingerprint density at radius 2 is 1.71 bits per heavy atom. The zero-order chi connectivity index (χ0) is 15.8. The van der Waals surface area contributed by atoms with E-state index >= 15 is 0 Å². The van der Waals surface area contributed by atoms with E-state index in [1.54, 1.807) is 21.3 Å². The van der Waals surface area contributed by atoms with Gasteiger partial charge in [-0.2, -0.15) is 0 Å². The van der Waals surface area contributed by atoms with Crippen molar-refractivity contribution in [2.75, 3.05) is 42.0 Å². The molecule has 0 radical (unpaired) electrons. The number of halogens is 1. The summed E-state index contributed by atoms with van der Waals surface area (Å²) in [4.78, 5) is 11.2. The van der Waals surface area contributed by atoms with E-state index in [0.717, 1.165) is 19.0 Å². The number of hydrogen-bond donors (Lipinski definition) is 0. The summed E-state index contributed by atoms with van der Waals surface area (Å²) in [6.45, 7) is 6.08. The predicted octanol–water partition coefficient (Wildman–Crippen LogP) is -1.59. The molecule has 6 nitrogen and oxygen atoms in total. The second kappa shape index (κ2) is 10.3. The smallest absolute Gasteiger partial charge is 0.500 e. The molecule has 0 bridgehead atoms. The van der Waals surface area contributed by atoms with Gasteiger partial charge in [0.05, 0.1) is 20.6 Å². The van der Waals surface area contributed by atoms with E-state index in [2.05, 4.69) is 6.58 Å². The molecular formula is C13H28ClNO5Si. The maximum atomic E-state index is 11.2. The molecule has 21 heavy (non-hydrogen) atoms. The molecule has 0 aliphatic heterocycles. The number of ether oxygens (including phenoxy) is 1. The summed E-state index contributed by atoms with van der Waals surface area (Å²) in [7, 11) is 6.31. The second-order valence-electron chi connectivity index (χ2n) is 5.14. The van der Waals surface area contributed by atoms with E-state index in [1.807, 2.05) is 21.0 Å². The van der Waals surface area contributed by atoms with Crippen LogP contribution < -0.4 is 12.4 Å². The molecule has 0 aromatic rings. The Balaban J connectivity index is 0. The fraction of sp³-hybridized carbons (Fsp3) is 0.769. The van der Waals surface area contributed by atoms with Gasteiger partial charge in [-0.1, -0.05) is 6.58 Å². The second-order valence-corrected chi connectivity index (χ2v) is 8.23. The van der Waals surface area contributed by atoms with E-state index in [4.69, 9.17) is 18.0 Å². The van der Waals surface area contributed by atoms with Crippen molar-refractivity contribution in [2.24, 2.45) is 0 Å². The van der Waals surface area contributed by atoms with Crippen molar-refractivity contribution < 1.29 is 39.7 Å².